The number of hydrogen-bond acceptors (Lipinski definition) is 8. The molecule has 318 valence electrons. The zero-order valence-corrected chi connectivity index (χ0v) is 36.2. The minimum absolute atomic E-state index is 0.00101. The molecule has 6 aromatic heterocycles. The lowest BCUT2D eigenvalue weighted by Gasteiger charge is -2.30. The van der Waals surface area contributed by atoms with Crippen LogP contribution >= 0.6 is 0 Å². The zero-order valence-electron chi connectivity index (χ0n) is 36.2. The van der Waals surface area contributed by atoms with E-state index in [1.807, 2.05) is 72.8 Å². The molecular formula is C57H30N12. The van der Waals surface area contributed by atoms with Gasteiger partial charge in [0.25, 0.3) is 0 Å². The molecular weight excluding hydrogens is 853 g/mol. The van der Waals surface area contributed by atoms with Crippen molar-refractivity contribution < 1.29 is 0 Å². The summed E-state index contributed by atoms with van der Waals surface area (Å²) in [4.78, 5) is 31.6. The molecule has 0 unspecified atom stereocenters. The van der Waals surface area contributed by atoms with Gasteiger partial charge in [0.2, 0.25) is 11.6 Å². The van der Waals surface area contributed by atoms with Gasteiger partial charge in [-0.2, -0.15) is 20.5 Å². The average molecular weight is 883 g/mol. The summed E-state index contributed by atoms with van der Waals surface area (Å²) >= 11 is 0. The average Bonchev–Trinajstić information content (AvgIpc) is 4.06. The number of fused-ring (bicyclic) bond motifs is 9. The van der Waals surface area contributed by atoms with Crippen LogP contribution < -0.4 is 0 Å². The van der Waals surface area contributed by atoms with Crippen LogP contribution in [0.1, 0.15) is 11.6 Å². The number of para-hydroxylation sites is 6. The minimum atomic E-state index is -0.00101. The summed E-state index contributed by atoms with van der Waals surface area (Å²) in [5.41, 5.74) is 11.6. The molecule has 0 amide bonds. The van der Waals surface area contributed by atoms with Crippen LogP contribution in [0, 0.1) is 29.2 Å². The molecule has 0 saturated heterocycles. The molecule has 0 N–H and O–H groups in total. The second-order valence-electron chi connectivity index (χ2n) is 16.5. The van der Waals surface area contributed by atoms with E-state index in [0.717, 1.165) is 82.5 Å². The second-order valence-corrected chi connectivity index (χ2v) is 16.5. The van der Waals surface area contributed by atoms with Crippen molar-refractivity contribution >= 4 is 71.4 Å². The first-order valence-corrected chi connectivity index (χ1v) is 22.0. The Labute approximate surface area is 392 Å². The Balaban J connectivity index is 1.42. The van der Waals surface area contributed by atoms with Gasteiger partial charge in [-0.1, -0.05) is 109 Å². The summed E-state index contributed by atoms with van der Waals surface area (Å²) in [6, 6.07) is 54.3. The fourth-order valence-electron chi connectivity index (χ4n) is 10.2. The smallest absolute Gasteiger partial charge is 0.371 e. The maximum Gasteiger partial charge on any atom is 0.371 e. The number of benzene rings is 7. The number of nitriles is 2. The Bertz CT molecular complexity index is 3760. The van der Waals surface area contributed by atoms with Gasteiger partial charge in [-0.3, -0.25) is 0 Å². The molecule has 13 rings (SSSR count). The SMILES string of the molecule is [C-]#[N+]c1ncc(-c2c(-n3c4ccccc4c4ccccc43)c(-c3cnc(C#N)nc3)c(-n3c4ccccc4c4ccccc43)c(-c3cnc(C#N)nc3)c2-n2c3ccccc3c3ccccc32)cn1. The Hall–Kier alpha value is -10.4. The monoisotopic (exact) mass is 882 g/mol. The molecule has 0 fully saturated rings. The van der Waals surface area contributed by atoms with Gasteiger partial charge in [0.05, 0.1) is 68.1 Å². The predicted molar refractivity (Wildman–Crippen MR) is 268 cm³/mol. The molecule has 12 nitrogen and oxygen atoms in total. The molecule has 0 saturated carbocycles. The molecule has 0 aliphatic heterocycles. The summed E-state index contributed by atoms with van der Waals surface area (Å²) in [6.45, 7) is 7.91. The Morgan fingerprint density at radius 3 is 0.812 bits per heavy atom. The molecule has 0 spiro atoms. The number of hydrogen-bond donors (Lipinski definition) is 0. The van der Waals surface area contributed by atoms with Crippen molar-refractivity contribution in [2.75, 3.05) is 0 Å². The van der Waals surface area contributed by atoms with E-state index in [1.54, 1.807) is 37.2 Å². The lowest BCUT2D eigenvalue weighted by Crippen LogP contribution is -2.13. The van der Waals surface area contributed by atoms with Gasteiger partial charge < -0.3 is 18.5 Å². The first-order valence-electron chi connectivity index (χ1n) is 22.0. The topological polar surface area (TPSA) is 144 Å². The summed E-state index contributed by atoms with van der Waals surface area (Å²) in [5.74, 6) is 0.0296. The summed E-state index contributed by atoms with van der Waals surface area (Å²) in [5, 5.41) is 26.4. The molecule has 0 aliphatic rings. The van der Waals surface area contributed by atoms with Gasteiger partial charge in [-0.25, -0.2) is 19.9 Å². The molecule has 69 heavy (non-hydrogen) atoms. The van der Waals surface area contributed by atoms with Crippen LogP contribution in [0.5, 0.6) is 0 Å². The number of rotatable bonds is 6. The number of aromatic nitrogens is 9. The lowest BCUT2D eigenvalue weighted by molar-refractivity contribution is 1.07. The van der Waals surface area contributed by atoms with Crippen molar-refractivity contribution in [1.82, 2.24) is 43.6 Å². The Morgan fingerprint density at radius 2 is 0.580 bits per heavy atom. The maximum atomic E-state index is 10.1. The number of nitrogens with zero attached hydrogens (tertiary/aromatic N) is 12. The molecule has 0 bridgehead atoms. The van der Waals surface area contributed by atoms with E-state index >= 15 is 0 Å². The zero-order chi connectivity index (χ0) is 46.2. The summed E-state index contributed by atoms with van der Waals surface area (Å²) in [6.07, 6.45) is 10.2. The fourth-order valence-corrected chi connectivity index (χ4v) is 10.2. The van der Waals surface area contributed by atoms with Gasteiger partial charge in [0.1, 0.15) is 12.1 Å². The highest BCUT2D eigenvalue weighted by molar-refractivity contribution is 6.17. The van der Waals surface area contributed by atoms with Gasteiger partial charge in [-0.05, 0) is 36.4 Å². The predicted octanol–water partition coefficient (Wildman–Crippen LogP) is 12.6. The molecule has 12 heteroatoms. The molecule has 0 atom stereocenters. The fraction of sp³-hybridized carbons (Fsp3) is 0. The molecule has 7 aromatic carbocycles. The van der Waals surface area contributed by atoms with Crippen LogP contribution in [0.3, 0.4) is 0 Å². The summed E-state index contributed by atoms with van der Waals surface area (Å²) in [7, 11) is 0. The van der Waals surface area contributed by atoms with Crippen molar-refractivity contribution in [3.63, 3.8) is 0 Å². The van der Waals surface area contributed by atoms with E-state index in [4.69, 9.17) is 6.57 Å². The van der Waals surface area contributed by atoms with Crippen molar-refractivity contribution in [1.29, 1.82) is 10.5 Å². The van der Waals surface area contributed by atoms with E-state index in [0.29, 0.717) is 33.4 Å². The van der Waals surface area contributed by atoms with Crippen molar-refractivity contribution in [2.24, 2.45) is 0 Å². The van der Waals surface area contributed by atoms with E-state index in [2.05, 4.69) is 133 Å². The van der Waals surface area contributed by atoms with E-state index in [-0.39, 0.29) is 17.6 Å². The van der Waals surface area contributed by atoms with E-state index in [9.17, 15) is 10.5 Å². The highest BCUT2D eigenvalue weighted by atomic mass is 15.1. The van der Waals surface area contributed by atoms with Crippen LogP contribution in [0.25, 0.3) is 121 Å². The third-order valence-corrected chi connectivity index (χ3v) is 12.9. The standard InChI is InChI=1S/C57H30N12/c1-60-57-65-32-36(33-66-57)53-55(68-45-22-10-4-16-39(45)40-17-5-11-23-46(40)68)51(34-28-61-49(26-58)62-29-34)54(67-43-20-8-2-14-37(43)38-15-3-9-21-44(38)67)52(35-30-63-50(27-59)64-31-35)56(53)69-47-24-12-6-18-41(47)42-19-7-13-25-48(42)69/h2-25,28-33H. The largest absolute Gasteiger partial charge is 0.394 e. The van der Waals surface area contributed by atoms with Gasteiger partial charge >= 0.3 is 5.95 Å². The van der Waals surface area contributed by atoms with Crippen LogP contribution in [0.2, 0.25) is 0 Å². The third-order valence-electron chi connectivity index (χ3n) is 12.9. The third kappa shape index (κ3) is 5.79. The van der Waals surface area contributed by atoms with E-state index in [1.165, 1.54) is 0 Å². The highest BCUT2D eigenvalue weighted by Gasteiger charge is 2.35. The van der Waals surface area contributed by atoms with Gasteiger partial charge in [0, 0.05) is 84.9 Å². The van der Waals surface area contributed by atoms with E-state index < -0.39 is 0 Å². The van der Waals surface area contributed by atoms with Crippen LogP contribution in [-0.4, -0.2) is 43.6 Å². The molecule has 13 aromatic rings. The first-order chi connectivity index (χ1) is 34.1. The van der Waals surface area contributed by atoms with Crippen molar-refractivity contribution in [3.8, 4) is 62.6 Å². The van der Waals surface area contributed by atoms with Crippen molar-refractivity contribution in [2.45, 2.75) is 0 Å². The Kier molecular flexibility index (Phi) is 8.71. The van der Waals surface area contributed by atoms with Crippen LogP contribution in [-0.2, 0) is 0 Å². The first kappa shape index (κ1) is 39.1. The quantitative estimate of drug-likeness (QED) is 0.150. The maximum absolute atomic E-state index is 10.1. The lowest BCUT2D eigenvalue weighted by atomic mass is 9.87. The van der Waals surface area contributed by atoms with Crippen LogP contribution in [0.15, 0.2) is 183 Å². The summed E-state index contributed by atoms with van der Waals surface area (Å²) < 4.78 is 6.89. The Morgan fingerprint density at radius 1 is 0.348 bits per heavy atom. The normalized spacial score (nSPS) is 11.4. The molecule has 0 radical (unpaired) electrons. The minimum Gasteiger partial charge on any atom is -0.394 e. The van der Waals surface area contributed by atoms with Gasteiger partial charge in [-0.15, -0.1) is 6.57 Å². The van der Waals surface area contributed by atoms with Crippen LogP contribution in [0.4, 0.5) is 5.95 Å². The molecule has 0 aliphatic carbocycles. The highest BCUT2D eigenvalue weighted by Crippen LogP contribution is 2.54. The van der Waals surface area contributed by atoms with Gasteiger partial charge in [0.15, 0.2) is 0 Å². The molecule has 6 heterocycles. The van der Waals surface area contributed by atoms with Crippen molar-refractivity contribution in [3.05, 3.63) is 206 Å². The second kappa shape index (κ2) is 15.4.